The summed E-state index contributed by atoms with van der Waals surface area (Å²) < 4.78 is 51.7. The van der Waals surface area contributed by atoms with Crippen LogP contribution < -0.4 is 4.70 Å². The van der Waals surface area contributed by atoms with Gasteiger partial charge >= 0.3 is 34.4 Å². The van der Waals surface area contributed by atoms with E-state index in [0.717, 1.165) is 34.9 Å². The molecule has 5 aromatic carbocycles. The second-order valence-corrected chi connectivity index (χ2v) is 16.4. The van der Waals surface area contributed by atoms with Crippen molar-refractivity contribution in [1.29, 1.82) is 0 Å². The van der Waals surface area contributed by atoms with E-state index < -0.39 is 41.0 Å². The summed E-state index contributed by atoms with van der Waals surface area (Å²) in [6, 6.07) is 33.9. The molecular formula is C31H19F6N2O5S2Sb. The van der Waals surface area contributed by atoms with Crippen LogP contribution in [0.2, 0.25) is 0 Å². The number of non-ortho nitro benzene ring substituents is 2. The van der Waals surface area contributed by atoms with E-state index in [2.05, 4.69) is 6.07 Å². The second kappa shape index (κ2) is 13.7. The van der Waals surface area contributed by atoms with Gasteiger partial charge < -0.3 is 4.70 Å². The maximum atomic E-state index is 13.2. The molecule has 0 spiro atoms. The standard InChI is InChI=1S/C31H19N2O5S2.6FH.Sb/c34-31(20-4-2-1-3-5-20)21-6-16-29-27(18-21)28-19-26(15-17-30(28)39-29)40(24-11-7-22(8-12-24)32(35)36)25-13-9-23(10-14-25)33(37)38;;;;;;;/h1-19H;6*1H;/q+1;;;;;;;+5/p-6. The van der Waals surface area contributed by atoms with Crippen LogP contribution in [-0.2, 0) is 10.9 Å². The third-order valence-corrected chi connectivity index (χ3v) is 9.91. The molecule has 242 valence electrons. The van der Waals surface area contributed by atoms with E-state index in [1.807, 2.05) is 48.5 Å². The van der Waals surface area contributed by atoms with Crippen molar-refractivity contribution in [3.8, 4) is 0 Å². The summed E-state index contributed by atoms with van der Waals surface area (Å²) in [6.07, 6.45) is 0. The first-order valence-electron chi connectivity index (χ1n) is 13.0. The molecule has 0 aliphatic carbocycles. The van der Waals surface area contributed by atoms with Crippen molar-refractivity contribution in [2.45, 2.75) is 14.7 Å². The normalized spacial score (nSPS) is 12.0. The SMILES string of the molecule is O=C(c1ccccc1)c1ccc2sc3ccc([S+](c4ccc([N+](=O)[O-])cc4)c4ccc([N+](=O)[O-])cc4)cc3c2c1.[F-].[F][Sb]([F])([F])([F])[F]. The van der Waals surface area contributed by atoms with Gasteiger partial charge in [0.05, 0.1) is 20.7 Å². The van der Waals surface area contributed by atoms with E-state index in [9.17, 15) is 39.1 Å². The number of ketones is 1. The Bertz CT molecular complexity index is 2030. The van der Waals surface area contributed by atoms with Gasteiger partial charge in [-0.05, 0) is 30.3 Å². The number of hydrogen-bond acceptors (Lipinski definition) is 6. The van der Waals surface area contributed by atoms with Crippen molar-refractivity contribution in [1.82, 2.24) is 0 Å². The zero-order valence-corrected chi connectivity index (χ0v) is 27.6. The molecule has 0 aliphatic heterocycles. The van der Waals surface area contributed by atoms with Gasteiger partial charge in [0, 0.05) is 85.9 Å². The Morgan fingerprint density at radius 1 is 0.596 bits per heavy atom. The van der Waals surface area contributed by atoms with Gasteiger partial charge in [-0.2, -0.15) is 0 Å². The molecule has 7 nitrogen and oxygen atoms in total. The van der Waals surface area contributed by atoms with E-state index in [1.165, 1.54) is 24.3 Å². The van der Waals surface area contributed by atoms with Gasteiger partial charge in [0.2, 0.25) is 0 Å². The third-order valence-electron chi connectivity index (χ3n) is 6.54. The molecule has 0 aliphatic rings. The monoisotopic (exact) mass is 798 g/mol. The van der Waals surface area contributed by atoms with Crippen molar-refractivity contribution >= 4 is 79.9 Å². The van der Waals surface area contributed by atoms with E-state index in [-0.39, 0.29) is 21.9 Å². The average molecular weight is 799 g/mol. The third kappa shape index (κ3) is 8.87. The summed E-state index contributed by atoms with van der Waals surface area (Å²) in [5.41, 5.74) is 1.21. The van der Waals surface area contributed by atoms with Crippen molar-refractivity contribution in [3.05, 3.63) is 147 Å². The summed E-state index contributed by atoms with van der Waals surface area (Å²) in [7, 11) is -0.692. The molecule has 6 aromatic rings. The number of nitrogens with zero attached hydrogens (tertiary/aromatic N) is 2. The molecule has 0 saturated heterocycles. The molecule has 6 rings (SSSR count). The zero-order valence-electron chi connectivity index (χ0n) is 23.4. The molecule has 0 radical (unpaired) electrons. The zero-order chi connectivity index (χ0) is 33.2. The van der Waals surface area contributed by atoms with Gasteiger partial charge in [-0.1, -0.05) is 30.3 Å². The fraction of sp³-hybridized carbons (Fsp3) is 0. The molecule has 47 heavy (non-hydrogen) atoms. The number of benzene rings is 5. The van der Waals surface area contributed by atoms with Crippen LogP contribution >= 0.6 is 11.3 Å². The number of carbonyl (C=O) groups is 1. The van der Waals surface area contributed by atoms with Crippen LogP contribution in [0.25, 0.3) is 20.2 Å². The van der Waals surface area contributed by atoms with Gasteiger partial charge in [-0.3, -0.25) is 25.0 Å². The molecule has 0 saturated carbocycles. The molecule has 16 heteroatoms. The number of fused-ring (bicyclic) bond motifs is 3. The van der Waals surface area contributed by atoms with E-state index in [4.69, 9.17) is 0 Å². The topological polar surface area (TPSA) is 103 Å². The van der Waals surface area contributed by atoms with Gasteiger partial charge in [0.1, 0.15) is 0 Å². The summed E-state index contributed by atoms with van der Waals surface area (Å²) in [4.78, 5) is 37.4. The van der Waals surface area contributed by atoms with Crippen molar-refractivity contribution < 1.29 is 33.4 Å². The van der Waals surface area contributed by atoms with Gasteiger partial charge in [-0.15, -0.1) is 11.3 Å². The van der Waals surface area contributed by atoms with Crippen LogP contribution in [0.5, 0.6) is 0 Å². The van der Waals surface area contributed by atoms with Crippen LogP contribution in [0.15, 0.2) is 130 Å². The van der Waals surface area contributed by atoms with E-state index >= 15 is 0 Å². The number of nitro groups is 2. The molecule has 0 unspecified atom stereocenters. The predicted molar refractivity (Wildman–Crippen MR) is 169 cm³/mol. The number of thiophene rings is 1. The first-order valence-corrected chi connectivity index (χ1v) is 19.9. The summed E-state index contributed by atoms with van der Waals surface area (Å²) in [6.45, 7) is 0. The van der Waals surface area contributed by atoms with E-state index in [1.54, 1.807) is 47.7 Å². The molecule has 0 N–H and O–H groups in total. The maximum absolute atomic E-state index is 13.2. The average Bonchev–Trinajstić information content (AvgIpc) is 3.38. The molecular weight excluding hydrogens is 780 g/mol. The number of rotatable bonds is 7. The molecule has 0 amide bonds. The Kier molecular flexibility index (Phi) is 10.3. The number of hydrogen-bond donors (Lipinski definition) is 0. The van der Waals surface area contributed by atoms with Gasteiger partial charge in [-0.25, -0.2) is 0 Å². The Balaban J connectivity index is 0.000000655. The van der Waals surface area contributed by atoms with Crippen LogP contribution in [-0.4, -0.2) is 35.9 Å². The molecule has 0 fully saturated rings. The number of halogens is 6. The predicted octanol–water partition coefficient (Wildman–Crippen LogP) is 6.92. The van der Waals surface area contributed by atoms with Gasteiger partial charge in [0.25, 0.3) is 11.4 Å². The summed E-state index contributed by atoms with van der Waals surface area (Å²) in [5, 5.41) is 24.5. The minimum absolute atomic E-state index is 0. The Labute approximate surface area is 273 Å². The summed E-state index contributed by atoms with van der Waals surface area (Å²) >= 11 is -7.55. The Hall–Kier alpha value is -4.46. The molecule has 1 aromatic heterocycles. The van der Waals surface area contributed by atoms with Crippen molar-refractivity contribution in [3.63, 3.8) is 0 Å². The van der Waals surface area contributed by atoms with E-state index in [0.29, 0.717) is 11.1 Å². The van der Waals surface area contributed by atoms with Crippen LogP contribution in [0, 0.1) is 20.2 Å². The van der Waals surface area contributed by atoms with Crippen LogP contribution in [0.4, 0.5) is 25.4 Å². The second-order valence-electron chi connectivity index (χ2n) is 9.61. The molecule has 1 heterocycles. The fourth-order valence-electron chi connectivity index (χ4n) is 4.60. The fourth-order valence-corrected chi connectivity index (χ4v) is 7.74. The first-order chi connectivity index (χ1) is 21.6. The van der Waals surface area contributed by atoms with Crippen molar-refractivity contribution in [2.24, 2.45) is 0 Å². The Morgan fingerprint density at radius 3 is 1.49 bits per heavy atom. The van der Waals surface area contributed by atoms with Crippen molar-refractivity contribution in [2.75, 3.05) is 0 Å². The Morgan fingerprint density at radius 2 is 1.02 bits per heavy atom. The first kappa shape index (κ1) is 35.4. The minimum atomic E-state index is -9.19. The molecule has 0 bridgehead atoms. The number of nitro benzene ring substituents is 2. The van der Waals surface area contributed by atoms with Crippen LogP contribution in [0.1, 0.15) is 15.9 Å². The number of carbonyl (C=O) groups excluding carboxylic acids is 1. The molecule has 0 atom stereocenters. The summed E-state index contributed by atoms with van der Waals surface area (Å²) in [5.74, 6) is -0.0467. The van der Waals surface area contributed by atoms with Crippen LogP contribution in [0.3, 0.4) is 0 Å². The quantitative estimate of drug-likeness (QED) is 0.0436. The van der Waals surface area contributed by atoms with Gasteiger partial charge in [0.15, 0.2) is 20.5 Å².